The number of nitrogens with zero attached hydrogens (tertiary/aromatic N) is 4. The van der Waals surface area contributed by atoms with Crippen LogP contribution in [0.3, 0.4) is 0 Å². The molecule has 1 fully saturated rings. The lowest BCUT2D eigenvalue weighted by Crippen LogP contribution is -2.58. The third kappa shape index (κ3) is 5.07. The van der Waals surface area contributed by atoms with E-state index in [0.29, 0.717) is 56.2 Å². The van der Waals surface area contributed by atoms with Crippen molar-refractivity contribution in [3.05, 3.63) is 40.8 Å². The molecule has 2 aromatic rings. The zero-order chi connectivity index (χ0) is 27.2. The molecule has 9 nitrogen and oxygen atoms in total. The number of primary amides is 1. The van der Waals surface area contributed by atoms with E-state index in [2.05, 4.69) is 10.4 Å². The number of nitrogens with two attached hydrogens (primary N) is 1. The van der Waals surface area contributed by atoms with Crippen LogP contribution in [0.15, 0.2) is 12.1 Å². The third-order valence-corrected chi connectivity index (χ3v) is 6.95. The normalized spacial score (nSPS) is 19.0. The van der Waals surface area contributed by atoms with E-state index in [-0.39, 0.29) is 11.3 Å². The summed E-state index contributed by atoms with van der Waals surface area (Å²) in [4.78, 5) is 42.2. The van der Waals surface area contributed by atoms with Gasteiger partial charge < -0.3 is 20.9 Å². The number of likely N-dealkylation sites (tertiary alicyclic amines) is 1. The first-order valence-electron chi connectivity index (χ1n) is 12.1. The Labute approximate surface area is 212 Å². The highest BCUT2D eigenvalue weighted by atomic mass is 19.2. The highest BCUT2D eigenvalue weighted by Crippen LogP contribution is 2.33. The number of likely N-dealkylation sites (N-methyl/N-ethyl adjacent to an activating group) is 1. The highest BCUT2D eigenvalue weighted by molar-refractivity contribution is 5.93. The van der Waals surface area contributed by atoms with Gasteiger partial charge in [0, 0.05) is 43.2 Å². The third-order valence-electron chi connectivity index (χ3n) is 6.95. The minimum absolute atomic E-state index is 0.0278. The molecule has 0 bridgehead atoms. The molecule has 37 heavy (non-hydrogen) atoms. The van der Waals surface area contributed by atoms with E-state index in [1.54, 1.807) is 20.8 Å². The topological polar surface area (TPSA) is 114 Å². The first kappa shape index (κ1) is 26.6. The predicted molar refractivity (Wildman–Crippen MR) is 129 cm³/mol. The fraction of sp³-hybridized carbons (Fsp3) is 0.520. The van der Waals surface area contributed by atoms with Crippen LogP contribution in [0.2, 0.25) is 0 Å². The molecule has 3 amide bonds. The van der Waals surface area contributed by atoms with E-state index in [4.69, 9.17) is 5.73 Å². The molecule has 12 heteroatoms. The van der Waals surface area contributed by atoms with E-state index < -0.39 is 52.8 Å². The maximum absolute atomic E-state index is 14.7. The monoisotopic (exact) mass is 520 g/mol. The fourth-order valence-electron chi connectivity index (χ4n) is 4.97. The van der Waals surface area contributed by atoms with Crippen LogP contribution in [0.4, 0.5) is 18.0 Å². The quantitative estimate of drug-likeness (QED) is 0.601. The second kappa shape index (κ2) is 9.81. The lowest BCUT2D eigenvalue weighted by atomic mass is 9.85. The summed E-state index contributed by atoms with van der Waals surface area (Å²) in [5.41, 5.74) is 5.52. The Morgan fingerprint density at radius 1 is 1.11 bits per heavy atom. The van der Waals surface area contributed by atoms with Crippen LogP contribution in [0.1, 0.15) is 44.9 Å². The Morgan fingerprint density at radius 3 is 2.43 bits per heavy atom. The van der Waals surface area contributed by atoms with E-state index in [0.717, 1.165) is 10.7 Å². The highest BCUT2D eigenvalue weighted by Gasteiger charge is 2.42. The van der Waals surface area contributed by atoms with Gasteiger partial charge in [-0.2, -0.15) is 9.78 Å². The molecule has 2 aliphatic rings. The molecular formula is C25H31F3N6O3. The molecule has 0 spiro atoms. The Morgan fingerprint density at radius 2 is 1.78 bits per heavy atom. The number of carbonyl (C=O) groups excluding carboxylic acids is 3. The van der Waals surface area contributed by atoms with Gasteiger partial charge in [0.25, 0.3) is 0 Å². The zero-order valence-electron chi connectivity index (χ0n) is 21.3. The minimum atomic E-state index is -1.33. The lowest BCUT2D eigenvalue weighted by Gasteiger charge is -2.35. The Balaban J connectivity index is 1.72. The standard InChI is InChI=1S/C25H31F3N6O3/c1-25(2,3)21(23(36)33-8-5-6-19(33)22(29)35)30-24(37)34-18-7-9-32(4)12-14(18)20(31-34)13-10-16(27)17(28)11-15(13)26/h10-11,19,21H,5-9,12H2,1-4H3,(H2,29,35)(H,30,37). The van der Waals surface area contributed by atoms with Gasteiger partial charge >= 0.3 is 6.03 Å². The summed E-state index contributed by atoms with van der Waals surface area (Å²) in [5.74, 6) is -4.61. The van der Waals surface area contributed by atoms with Crippen molar-refractivity contribution >= 4 is 17.8 Å². The number of aromatic nitrogens is 2. The lowest BCUT2D eigenvalue weighted by molar-refractivity contribution is -0.140. The van der Waals surface area contributed by atoms with Crippen LogP contribution >= 0.6 is 0 Å². The number of hydrogen-bond donors (Lipinski definition) is 2. The molecule has 4 rings (SSSR count). The average Bonchev–Trinajstić information content (AvgIpc) is 3.44. The first-order valence-corrected chi connectivity index (χ1v) is 12.1. The molecule has 3 heterocycles. The molecule has 1 aromatic carbocycles. The van der Waals surface area contributed by atoms with Gasteiger partial charge in [0.15, 0.2) is 11.6 Å². The number of nitrogens with one attached hydrogen (secondary N) is 1. The van der Waals surface area contributed by atoms with Gasteiger partial charge in [-0.3, -0.25) is 9.59 Å². The molecule has 0 aliphatic carbocycles. The van der Waals surface area contributed by atoms with Crippen molar-refractivity contribution in [2.45, 2.75) is 58.7 Å². The summed E-state index contributed by atoms with van der Waals surface area (Å²) in [6, 6.07) is -1.32. The summed E-state index contributed by atoms with van der Waals surface area (Å²) in [6.45, 7) is 6.58. The van der Waals surface area contributed by atoms with E-state index >= 15 is 0 Å². The van der Waals surface area contributed by atoms with Crippen molar-refractivity contribution in [3.63, 3.8) is 0 Å². The second-order valence-electron chi connectivity index (χ2n) is 10.8. The molecule has 1 saturated heterocycles. The van der Waals surface area contributed by atoms with E-state index in [1.165, 1.54) is 4.90 Å². The summed E-state index contributed by atoms with van der Waals surface area (Å²) in [6.07, 6.45) is 1.46. The Kier molecular flexibility index (Phi) is 7.06. The second-order valence-corrected chi connectivity index (χ2v) is 10.8. The summed E-state index contributed by atoms with van der Waals surface area (Å²) < 4.78 is 43.3. The van der Waals surface area contributed by atoms with Crippen LogP contribution in [-0.2, 0) is 22.6 Å². The van der Waals surface area contributed by atoms with Crippen LogP contribution in [0.25, 0.3) is 11.3 Å². The van der Waals surface area contributed by atoms with Crippen molar-refractivity contribution in [2.75, 3.05) is 20.1 Å². The maximum atomic E-state index is 14.7. The summed E-state index contributed by atoms with van der Waals surface area (Å²) in [7, 11) is 1.84. The van der Waals surface area contributed by atoms with Gasteiger partial charge in [0.1, 0.15) is 23.6 Å². The summed E-state index contributed by atoms with van der Waals surface area (Å²) >= 11 is 0. The van der Waals surface area contributed by atoms with Gasteiger partial charge in [0.05, 0.1) is 5.69 Å². The number of carbonyl (C=O) groups is 3. The maximum Gasteiger partial charge on any atom is 0.343 e. The van der Waals surface area contributed by atoms with Gasteiger partial charge in [0.2, 0.25) is 11.8 Å². The van der Waals surface area contributed by atoms with Crippen LogP contribution in [0, 0.1) is 22.9 Å². The first-order chi connectivity index (χ1) is 17.3. The number of amides is 3. The SMILES string of the molecule is CN1CCc2c(c(-c3cc(F)c(F)cc3F)nn2C(=O)NC(C(=O)N2CCCC2C(N)=O)C(C)(C)C)C1. The number of hydrogen-bond acceptors (Lipinski definition) is 5. The van der Waals surface area contributed by atoms with Crippen LogP contribution in [0.5, 0.6) is 0 Å². The predicted octanol–water partition coefficient (Wildman–Crippen LogP) is 2.40. The Hall–Kier alpha value is -3.41. The Bertz CT molecular complexity index is 1260. The smallest absolute Gasteiger partial charge is 0.343 e. The summed E-state index contributed by atoms with van der Waals surface area (Å²) in [5, 5.41) is 7.06. The molecule has 2 aliphatic heterocycles. The minimum Gasteiger partial charge on any atom is -0.368 e. The molecule has 0 saturated carbocycles. The number of benzene rings is 1. The molecular weight excluding hydrogens is 489 g/mol. The van der Waals surface area contributed by atoms with Crippen LogP contribution in [-0.4, -0.2) is 69.6 Å². The van der Waals surface area contributed by atoms with Gasteiger partial charge in [-0.25, -0.2) is 18.0 Å². The number of halogens is 3. The molecule has 0 radical (unpaired) electrons. The number of fused-ring (bicyclic) bond motifs is 1. The van der Waals surface area contributed by atoms with Crippen molar-refractivity contribution in [2.24, 2.45) is 11.1 Å². The van der Waals surface area contributed by atoms with Crippen molar-refractivity contribution < 1.29 is 27.6 Å². The van der Waals surface area contributed by atoms with Gasteiger partial charge in [-0.1, -0.05) is 20.8 Å². The van der Waals surface area contributed by atoms with Gasteiger partial charge in [-0.15, -0.1) is 0 Å². The largest absolute Gasteiger partial charge is 0.368 e. The van der Waals surface area contributed by atoms with Crippen molar-refractivity contribution in [1.29, 1.82) is 0 Å². The molecule has 1 aromatic heterocycles. The fourth-order valence-corrected chi connectivity index (χ4v) is 4.97. The van der Waals surface area contributed by atoms with Crippen LogP contribution < -0.4 is 11.1 Å². The van der Waals surface area contributed by atoms with Crippen molar-refractivity contribution in [1.82, 2.24) is 24.9 Å². The van der Waals surface area contributed by atoms with E-state index in [9.17, 15) is 27.6 Å². The van der Waals surface area contributed by atoms with Gasteiger partial charge in [-0.05, 0) is 31.4 Å². The number of rotatable bonds is 4. The molecule has 2 atom stereocenters. The van der Waals surface area contributed by atoms with E-state index in [1.807, 2.05) is 11.9 Å². The molecule has 200 valence electrons. The molecule has 2 unspecified atom stereocenters. The van der Waals surface area contributed by atoms with Crippen molar-refractivity contribution in [3.8, 4) is 11.3 Å². The zero-order valence-corrected chi connectivity index (χ0v) is 21.3. The molecule has 3 N–H and O–H groups in total. The average molecular weight is 521 g/mol.